The first-order chi connectivity index (χ1) is 4.57. The van der Waals surface area contributed by atoms with Crippen LogP contribution in [-0.2, 0) is 4.79 Å². The van der Waals surface area contributed by atoms with E-state index in [4.69, 9.17) is 5.11 Å². The van der Waals surface area contributed by atoms with E-state index in [2.05, 4.69) is 0 Å². The fraction of sp³-hybridized carbons (Fsp3) is 0.875. The van der Waals surface area contributed by atoms with Crippen molar-refractivity contribution in [2.24, 2.45) is 11.3 Å². The van der Waals surface area contributed by atoms with Gasteiger partial charge in [-0.1, -0.05) is 13.3 Å². The van der Waals surface area contributed by atoms with Crippen molar-refractivity contribution >= 4 is 18.4 Å². The van der Waals surface area contributed by atoms with Crippen molar-refractivity contribution in [2.45, 2.75) is 33.1 Å². The second-order valence-corrected chi connectivity index (χ2v) is 3.52. The summed E-state index contributed by atoms with van der Waals surface area (Å²) in [6, 6.07) is 0. The van der Waals surface area contributed by atoms with Gasteiger partial charge in [-0.3, -0.25) is 4.79 Å². The Bertz CT molecular complexity index is 158. The highest BCUT2D eigenvalue weighted by atomic mass is 35.5. The Hall–Kier alpha value is -0.240. The summed E-state index contributed by atoms with van der Waals surface area (Å²) in [5.41, 5.74) is -0.431. The molecule has 2 atom stereocenters. The Morgan fingerprint density at radius 3 is 2.36 bits per heavy atom. The molecule has 1 fully saturated rings. The molecule has 0 bridgehead atoms. The number of halogens is 1. The number of carboxylic acids is 1. The highest BCUT2D eigenvalue weighted by Crippen LogP contribution is 2.42. The molecule has 1 aliphatic carbocycles. The number of rotatable bonds is 1. The molecular weight excluding hydrogens is 164 g/mol. The number of carbonyl (C=O) groups is 1. The van der Waals surface area contributed by atoms with E-state index in [1.807, 2.05) is 13.8 Å². The molecule has 2 unspecified atom stereocenters. The summed E-state index contributed by atoms with van der Waals surface area (Å²) >= 11 is 0. The average Bonchev–Trinajstić information content (AvgIpc) is 2.15. The Labute approximate surface area is 73.4 Å². The van der Waals surface area contributed by atoms with E-state index < -0.39 is 11.4 Å². The van der Waals surface area contributed by atoms with Gasteiger partial charge >= 0.3 is 5.97 Å². The van der Waals surface area contributed by atoms with Crippen molar-refractivity contribution in [1.29, 1.82) is 0 Å². The molecule has 11 heavy (non-hydrogen) atoms. The van der Waals surface area contributed by atoms with E-state index in [-0.39, 0.29) is 12.4 Å². The first-order valence-corrected chi connectivity index (χ1v) is 3.81. The molecule has 0 aliphatic heterocycles. The largest absolute Gasteiger partial charge is 0.481 e. The van der Waals surface area contributed by atoms with E-state index in [0.717, 1.165) is 19.3 Å². The first-order valence-electron chi connectivity index (χ1n) is 3.81. The molecule has 0 amide bonds. The zero-order chi connectivity index (χ0) is 7.78. The lowest BCUT2D eigenvalue weighted by Crippen LogP contribution is -2.29. The molecule has 1 aliphatic rings. The second-order valence-electron chi connectivity index (χ2n) is 3.52. The summed E-state index contributed by atoms with van der Waals surface area (Å²) < 4.78 is 0. The Morgan fingerprint density at radius 1 is 1.64 bits per heavy atom. The molecule has 0 radical (unpaired) electrons. The molecule has 0 aromatic rings. The summed E-state index contributed by atoms with van der Waals surface area (Å²) in [6.07, 6.45) is 3.00. The lowest BCUT2D eigenvalue weighted by atomic mass is 9.81. The fourth-order valence-corrected chi connectivity index (χ4v) is 1.66. The van der Waals surface area contributed by atoms with Gasteiger partial charge < -0.3 is 5.11 Å². The molecule has 1 saturated carbocycles. The predicted octanol–water partition coefficient (Wildman–Crippen LogP) is 2.32. The highest BCUT2D eigenvalue weighted by Gasteiger charge is 2.42. The predicted molar refractivity (Wildman–Crippen MR) is 46.0 cm³/mol. The van der Waals surface area contributed by atoms with Crippen molar-refractivity contribution in [3.05, 3.63) is 0 Å². The molecule has 0 aromatic heterocycles. The van der Waals surface area contributed by atoms with Crippen molar-refractivity contribution in [3.63, 3.8) is 0 Å². The summed E-state index contributed by atoms with van der Waals surface area (Å²) in [6.45, 7) is 3.88. The monoisotopic (exact) mass is 178 g/mol. The van der Waals surface area contributed by atoms with Crippen LogP contribution in [0.3, 0.4) is 0 Å². The van der Waals surface area contributed by atoms with E-state index >= 15 is 0 Å². The first kappa shape index (κ1) is 10.8. The van der Waals surface area contributed by atoms with Gasteiger partial charge in [-0.15, -0.1) is 12.4 Å². The van der Waals surface area contributed by atoms with Crippen molar-refractivity contribution in [2.75, 3.05) is 0 Å². The molecular formula is C8H15ClO2. The second kappa shape index (κ2) is 3.44. The van der Waals surface area contributed by atoms with Crippen LogP contribution in [0.4, 0.5) is 0 Å². The average molecular weight is 179 g/mol. The minimum Gasteiger partial charge on any atom is -0.481 e. The van der Waals surface area contributed by atoms with Gasteiger partial charge in [0.05, 0.1) is 5.41 Å². The van der Waals surface area contributed by atoms with Crippen LogP contribution in [0, 0.1) is 11.3 Å². The lowest BCUT2D eigenvalue weighted by Gasteiger charge is -2.22. The SMILES string of the molecule is CC1CCCC1(C)C(=O)O.Cl. The number of hydrogen-bond donors (Lipinski definition) is 1. The van der Waals surface area contributed by atoms with Crippen molar-refractivity contribution < 1.29 is 9.90 Å². The maximum absolute atomic E-state index is 10.7. The van der Waals surface area contributed by atoms with Crippen LogP contribution < -0.4 is 0 Å². The van der Waals surface area contributed by atoms with Gasteiger partial charge in [0.25, 0.3) is 0 Å². The van der Waals surface area contributed by atoms with Crippen LogP contribution in [0.25, 0.3) is 0 Å². The molecule has 0 aromatic carbocycles. The number of aliphatic carboxylic acids is 1. The molecule has 66 valence electrons. The zero-order valence-electron chi connectivity index (χ0n) is 6.96. The molecule has 1 N–H and O–H groups in total. The van der Waals surface area contributed by atoms with Crippen molar-refractivity contribution in [1.82, 2.24) is 0 Å². The third-order valence-corrected chi connectivity index (χ3v) is 2.91. The van der Waals surface area contributed by atoms with Gasteiger partial charge in [0.15, 0.2) is 0 Å². The van der Waals surface area contributed by atoms with E-state index in [9.17, 15) is 4.79 Å². The molecule has 0 spiro atoms. The number of hydrogen-bond acceptors (Lipinski definition) is 1. The summed E-state index contributed by atoms with van der Waals surface area (Å²) in [7, 11) is 0. The summed E-state index contributed by atoms with van der Waals surface area (Å²) in [5, 5.41) is 8.84. The molecule has 2 nitrogen and oxygen atoms in total. The molecule has 0 saturated heterocycles. The normalized spacial score (nSPS) is 36.4. The van der Waals surface area contributed by atoms with Gasteiger partial charge in [-0.2, -0.15) is 0 Å². The van der Waals surface area contributed by atoms with Gasteiger partial charge in [0.2, 0.25) is 0 Å². The van der Waals surface area contributed by atoms with Crippen LogP contribution >= 0.6 is 12.4 Å². The standard InChI is InChI=1S/C8H14O2.ClH/c1-6-4-3-5-8(6,2)7(9)10;/h6H,3-5H2,1-2H3,(H,9,10);1H. The van der Waals surface area contributed by atoms with E-state index in [1.54, 1.807) is 0 Å². The number of carboxylic acid groups (broad SMARTS) is 1. The highest BCUT2D eigenvalue weighted by molar-refractivity contribution is 5.85. The van der Waals surface area contributed by atoms with E-state index in [1.165, 1.54) is 0 Å². The molecule has 1 rings (SSSR count). The quantitative estimate of drug-likeness (QED) is 0.669. The fourth-order valence-electron chi connectivity index (χ4n) is 1.66. The minimum atomic E-state index is -0.627. The minimum absolute atomic E-state index is 0. The van der Waals surface area contributed by atoms with Crippen LogP contribution in [-0.4, -0.2) is 11.1 Å². The Morgan fingerprint density at radius 2 is 2.18 bits per heavy atom. The lowest BCUT2D eigenvalue weighted by molar-refractivity contribution is -0.149. The molecule has 3 heteroatoms. The van der Waals surface area contributed by atoms with E-state index in [0.29, 0.717) is 5.92 Å². The third-order valence-electron chi connectivity index (χ3n) is 2.91. The van der Waals surface area contributed by atoms with Gasteiger partial charge in [-0.05, 0) is 25.7 Å². The summed E-state index contributed by atoms with van der Waals surface area (Å²) in [5.74, 6) is -0.275. The van der Waals surface area contributed by atoms with Crippen LogP contribution in [0.5, 0.6) is 0 Å². The zero-order valence-corrected chi connectivity index (χ0v) is 7.78. The van der Waals surface area contributed by atoms with Gasteiger partial charge in [0, 0.05) is 0 Å². The topological polar surface area (TPSA) is 37.3 Å². The summed E-state index contributed by atoms with van der Waals surface area (Å²) in [4.78, 5) is 10.7. The molecule has 0 heterocycles. The maximum Gasteiger partial charge on any atom is 0.309 e. The van der Waals surface area contributed by atoms with Crippen LogP contribution in [0.15, 0.2) is 0 Å². The van der Waals surface area contributed by atoms with Crippen molar-refractivity contribution in [3.8, 4) is 0 Å². The van der Waals surface area contributed by atoms with Crippen LogP contribution in [0.1, 0.15) is 33.1 Å². The van der Waals surface area contributed by atoms with Gasteiger partial charge in [-0.25, -0.2) is 0 Å². The third kappa shape index (κ3) is 1.67. The Balaban J connectivity index is 0.000001000. The van der Waals surface area contributed by atoms with Gasteiger partial charge in [0.1, 0.15) is 0 Å². The maximum atomic E-state index is 10.7. The van der Waals surface area contributed by atoms with Crippen LogP contribution in [0.2, 0.25) is 0 Å². The Kier molecular flexibility index (Phi) is 3.36. The smallest absolute Gasteiger partial charge is 0.309 e.